The number of nitrogens with zero attached hydrogens (tertiary/aromatic N) is 3. The molecular weight excluding hydrogens is 290 g/mol. The number of amides is 1. The predicted molar refractivity (Wildman–Crippen MR) is 89.9 cm³/mol. The highest BCUT2D eigenvalue weighted by molar-refractivity contribution is 5.83. The van der Waals surface area contributed by atoms with Crippen LogP contribution in [0.4, 0.5) is 4.79 Å². The Labute approximate surface area is 136 Å². The van der Waals surface area contributed by atoms with Crippen LogP contribution in [0.5, 0.6) is 0 Å². The average molecular weight is 313 g/mol. The number of fused-ring (bicyclic) bond motifs is 1. The number of allylic oxidation sites excluding steroid dienone is 1. The van der Waals surface area contributed by atoms with Crippen LogP contribution < -0.4 is 0 Å². The molecule has 0 aromatic carbocycles. The first-order valence-corrected chi connectivity index (χ1v) is 7.96. The van der Waals surface area contributed by atoms with Crippen LogP contribution in [0.25, 0.3) is 11.2 Å². The van der Waals surface area contributed by atoms with Crippen molar-refractivity contribution >= 4 is 17.3 Å². The third-order valence-corrected chi connectivity index (χ3v) is 3.82. The lowest BCUT2D eigenvalue weighted by atomic mass is 9.99. The first kappa shape index (κ1) is 15.6. The van der Waals surface area contributed by atoms with E-state index in [0.717, 1.165) is 23.2 Å². The van der Waals surface area contributed by atoms with Gasteiger partial charge >= 0.3 is 6.09 Å². The maximum Gasteiger partial charge on any atom is 0.414 e. The van der Waals surface area contributed by atoms with Gasteiger partial charge in [-0.3, -0.25) is 4.90 Å². The summed E-state index contributed by atoms with van der Waals surface area (Å²) in [5.41, 5.74) is 2.43. The van der Waals surface area contributed by atoms with Crippen LogP contribution in [0.1, 0.15) is 39.7 Å². The van der Waals surface area contributed by atoms with Crippen LogP contribution in [0.15, 0.2) is 36.9 Å². The van der Waals surface area contributed by atoms with E-state index >= 15 is 0 Å². The molecule has 0 fully saturated rings. The highest BCUT2D eigenvalue weighted by Crippen LogP contribution is 2.29. The number of imidazole rings is 1. The molecular formula is C18H23N3O2. The van der Waals surface area contributed by atoms with Crippen molar-refractivity contribution in [2.24, 2.45) is 5.92 Å². The van der Waals surface area contributed by atoms with Crippen LogP contribution in [0, 0.1) is 5.92 Å². The highest BCUT2D eigenvalue weighted by atomic mass is 16.6. The Morgan fingerprint density at radius 3 is 2.87 bits per heavy atom. The van der Waals surface area contributed by atoms with Crippen LogP contribution in [0.3, 0.4) is 0 Å². The van der Waals surface area contributed by atoms with E-state index in [1.165, 1.54) is 0 Å². The summed E-state index contributed by atoms with van der Waals surface area (Å²) in [7, 11) is 0. The van der Waals surface area contributed by atoms with Crippen LogP contribution in [0.2, 0.25) is 0 Å². The first-order chi connectivity index (χ1) is 10.8. The molecule has 2 aromatic heterocycles. The molecule has 0 spiro atoms. The molecule has 0 radical (unpaired) electrons. The van der Waals surface area contributed by atoms with E-state index < -0.39 is 5.60 Å². The summed E-state index contributed by atoms with van der Waals surface area (Å²) in [5.74, 6) is 0.420. The molecule has 1 amide bonds. The van der Waals surface area contributed by atoms with Gasteiger partial charge < -0.3 is 9.14 Å². The van der Waals surface area contributed by atoms with E-state index in [9.17, 15) is 4.79 Å². The van der Waals surface area contributed by atoms with Crippen LogP contribution in [-0.2, 0) is 4.74 Å². The fourth-order valence-corrected chi connectivity index (χ4v) is 2.74. The maximum atomic E-state index is 12.6. The van der Waals surface area contributed by atoms with Gasteiger partial charge in [0.1, 0.15) is 5.60 Å². The number of hydrogen-bond acceptors (Lipinski definition) is 3. The van der Waals surface area contributed by atoms with Gasteiger partial charge in [0, 0.05) is 18.3 Å². The summed E-state index contributed by atoms with van der Waals surface area (Å²) in [5, 5.41) is 0. The molecule has 3 rings (SSSR count). The number of carbonyl (C=O) groups excluding carboxylic acids is 1. The molecule has 122 valence electrons. The molecule has 0 aliphatic carbocycles. The molecule has 5 heteroatoms. The molecule has 23 heavy (non-hydrogen) atoms. The molecule has 5 nitrogen and oxygen atoms in total. The minimum absolute atomic E-state index is 0.291. The molecule has 1 aliphatic rings. The van der Waals surface area contributed by atoms with E-state index in [2.05, 4.69) is 18.0 Å². The molecule has 1 atom stereocenters. The fraction of sp³-hybridized carbons (Fsp3) is 0.444. The number of rotatable bonds is 1. The van der Waals surface area contributed by atoms with Gasteiger partial charge in [-0.2, -0.15) is 0 Å². The number of hydrogen-bond donors (Lipinski definition) is 0. The molecule has 0 saturated carbocycles. The highest BCUT2D eigenvalue weighted by Gasteiger charge is 2.29. The van der Waals surface area contributed by atoms with Crippen LogP contribution in [-0.4, -0.2) is 32.5 Å². The molecule has 3 heterocycles. The van der Waals surface area contributed by atoms with Crippen molar-refractivity contribution in [2.45, 2.75) is 39.7 Å². The van der Waals surface area contributed by atoms with Crippen molar-refractivity contribution in [2.75, 3.05) is 6.54 Å². The molecule has 1 unspecified atom stereocenters. The minimum Gasteiger partial charge on any atom is -0.443 e. The van der Waals surface area contributed by atoms with Crippen molar-refractivity contribution in [3.05, 3.63) is 42.5 Å². The topological polar surface area (TPSA) is 46.8 Å². The van der Waals surface area contributed by atoms with E-state index in [0.29, 0.717) is 12.5 Å². The third kappa shape index (κ3) is 3.38. The van der Waals surface area contributed by atoms with Gasteiger partial charge in [-0.05, 0) is 45.2 Å². The number of aromatic nitrogens is 2. The monoisotopic (exact) mass is 313 g/mol. The zero-order valence-corrected chi connectivity index (χ0v) is 14.1. The summed E-state index contributed by atoms with van der Waals surface area (Å²) in [6.45, 7) is 8.48. The number of pyridine rings is 1. The largest absolute Gasteiger partial charge is 0.443 e. The van der Waals surface area contributed by atoms with Crippen molar-refractivity contribution in [3.63, 3.8) is 0 Å². The van der Waals surface area contributed by atoms with Gasteiger partial charge in [-0.25, -0.2) is 9.78 Å². The average Bonchev–Trinajstić information content (AvgIpc) is 2.92. The van der Waals surface area contributed by atoms with E-state index in [1.54, 1.807) is 11.2 Å². The fourth-order valence-electron chi connectivity index (χ4n) is 2.74. The Morgan fingerprint density at radius 1 is 1.35 bits per heavy atom. The Morgan fingerprint density at radius 2 is 2.13 bits per heavy atom. The number of carbonyl (C=O) groups is 1. The van der Waals surface area contributed by atoms with Crippen molar-refractivity contribution in [1.29, 1.82) is 0 Å². The third-order valence-electron chi connectivity index (χ3n) is 3.82. The summed E-state index contributed by atoms with van der Waals surface area (Å²) in [6.07, 6.45) is 8.37. The standard InChI is InChI=1S/C18H23N3O2/c1-13-5-8-16(21(10-13)17(22)23-18(2,3)4)14-6-7-15-9-19-12-20(15)11-14/h6-9,11-13H,5,10H2,1-4H3. The Hall–Kier alpha value is -2.30. The summed E-state index contributed by atoms with van der Waals surface area (Å²) >= 11 is 0. The first-order valence-electron chi connectivity index (χ1n) is 7.96. The second-order valence-corrected chi connectivity index (χ2v) is 7.16. The van der Waals surface area contributed by atoms with Gasteiger partial charge in [-0.1, -0.05) is 13.0 Å². The summed E-state index contributed by atoms with van der Waals surface area (Å²) in [4.78, 5) is 18.5. The van der Waals surface area contributed by atoms with Crippen molar-refractivity contribution < 1.29 is 9.53 Å². The second kappa shape index (κ2) is 5.72. The summed E-state index contributed by atoms with van der Waals surface area (Å²) in [6, 6.07) is 4.03. The zero-order chi connectivity index (χ0) is 16.6. The van der Waals surface area contributed by atoms with E-state index in [-0.39, 0.29) is 6.09 Å². The number of ether oxygens (including phenoxy) is 1. The second-order valence-electron chi connectivity index (χ2n) is 7.16. The van der Waals surface area contributed by atoms with Crippen molar-refractivity contribution in [3.8, 4) is 0 Å². The molecule has 0 bridgehead atoms. The Balaban J connectivity index is 1.95. The predicted octanol–water partition coefficient (Wildman–Crippen LogP) is 3.95. The van der Waals surface area contributed by atoms with Gasteiger partial charge in [0.15, 0.2) is 0 Å². The maximum absolute atomic E-state index is 12.6. The van der Waals surface area contributed by atoms with Gasteiger partial charge in [0.2, 0.25) is 0 Å². The van der Waals surface area contributed by atoms with Gasteiger partial charge in [-0.15, -0.1) is 0 Å². The van der Waals surface area contributed by atoms with E-state index in [4.69, 9.17) is 4.74 Å². The quantitative estimate of drug-likeness (QED) is 0.801. The molecule has 0 saturated heterocycles. The smallest absolute Gasteiger partial charge is 0.414 e. The Bertz CT molecular complexity index is 755. The van der Waals surface area contributed by atoms with Crippen LogP contribution >= 0.6 is 0 Å². The SMILES string of the molecule is CC1CC=C(c2ccc3cncn3c2)N(C(=O)OC(C)(C)C)C1. The van der Waals surface area contributed by atoms with Crippen molar-refractivity contribution in [1.82, 2.24) is 14.3 Å². The normalized spacial score (nSPS) is 18.9. The lowest BCUT2D eigenvalue weighted by Gasteiger charge is -2.33. The summed E-state index contributed by atoms with van der Waals surface area (Å²) < 4.78 is 7.54. The van der Waals surface area contributed by atoms with Gasteiger partial charge in [0.05, 0.1) is 23.7 Å². The van der Waals surface area contributed by atoms with E-state index in [1.807, 2.05) is 49.7 Å². The molecule has 0 N–H and O–H groups in total. The minimum atomic E-state index is -0.503. The zero-order valence-electron chi connectivity index (χ0n) is 14.1. The molecule has 2 aromatic rings. The van der Waals surface area contributed by atoms with Gasteiger partial charge in [0.25, 0.3) is 0 Å². The molecule has 1 aliphatic heterocycles. The lowest BCUT2D eigenvalue weighted by molar-refractivity contribution is 0.0327. The lowest BCUT2D eigenvalue weighted by Crippen LogP contribution is -2.39. The Kier molecular flexibility index (Phi) is 3.88.